The highest BCUT2D eigenvalue weighted by molar-refractivity contribution is 5.57. The number of nitrogens with zero attached hydrogens (tertiary/aromatic N) is 1. The molecule has 0 bridgehead atoms. The Bertz CT molecular complexity index is 557. The molecule has 6 nitrogen and oxygen atoms in total. The van der Waals surface area contributed by atoms with Crippen molar-refractivity contribution in [2.45, 2.75) is 24.6 Å². The molecule has 1 aromatic rings. The fourth-order valence-corrected chi connectivity index (χ4v) is 2.22. The van der Waals surface area contributed by atoms with E-state index in [9.17, 15) is 28.4 Å². The number of rotatable bonds is 4. The summed E-state index contributed by atoms with van der Waals surface area (Å²) in [7, 11) is 0. The zero-order valence-corrected chi connectivity index (χ0v) is 11.5. The van der Waals surface area contributed by atoms with Crippen LogP contribution in [0, 0.1) is 10.1 Å². The van der Waals surface area contributed by atoms with Crippen LogP contribution < -0.4 is 5.32 Å². The Balaban J connectivity index is 2.21. The van der Waals surface area contributed by atoms with Gasteiger partial charge in [0, 0.05) is 50.4 Å². The molecule has 122 valence electrons. The Morgan fingerprint density at radius 2 is 2.00 bits per heavy atom. The molecule has 0 amide bonds. The number of hydrogen-bond donors (Lipinski definition) is 2. The Morgan fingerprint density at radius 3 is 2.55 bits per heavy atom. The maximum absolute atomic E-state index is 13.0. The minimum absolute atomic E-state index is 0.0861. The summed E-state index contributed by atoms with van der Waals surface area (Å²) in [6.45, 7) is 0.590. The average molecular weight is 320 g/mol. The lowest BCUT2D eigenvalue weighted by Gasteiger charge is -2.32. The minimum atomic E-state index is -4.73. The number of hydrogen-bond acceptors (Lipinski definition) is 5. The van der Waals surface area contributed by atoms with E-state index in [0.29, 0.717) is 32.1 Å². The summed E-state index contributed by atoms with van der Waals surface area (Å²) < 4.78 is 44.1. The van der Waals surface area contributed by atoms with Crippen molar-refractivity contribution in [3.8, 4) is 0 Å². The van der Waals surface area contributed by atoms with Gasteiger partial charge in [0.2, 0.25) is 0 Å². The van der Waals surface area contributed by atoms with Crippen molar-refractivity contribution in [1.82, 2.24) is 0 Å². The minimum Gasteiger partial charge on any atom is -0.388 e. The summed E-state index contributed by atoms with van der Waals surface area (Å²) >= 11 is 0. The van der Waals surface area contributed by atoms with Gasteiger partial charge >= 0.3 is 6.18 Å². The maximum Gasteiger partial charge on any atom is 0.418 e. The fraction of sp³-hybridized carbons (Fsp3) is 0.538. The van der Waals surface area contributed by atoms with Crippen LogP contribution in [0.1, 0.15) is 18.4 Å². The molecule has 0 spiro atoms. The third-order valence-corrected chi connectivity index (χ3v) is 3.55. The molecule has 1 aliphatic heterocycles. The van der Waals surface area contributed by atoms with E-state index in [4.69, 9.17) is 4.74 Å². The van der Waals surface area contributed by atoms with Gasteiger partial charge in [-0.3, -0.25) is 10.1 Å². The van der Waals surface area contributed by atoms with E-state index >= 15 is 0 Å². The highest BCUT2D eigenvalue weighted by Crippen LogP contribution is 2.37. The normalized spacial score (nSPS) is 18.0. The number of ether oxygens (including phenoxy) is 1. The standard InChI is InChI=1S/C13H15F3N2O4/c14-13(15,16)10-7-9(18(20)21)1-2-11(10)17-8-12(19)3-5-22-6-4-12/h1-2,7,17,19H,3-6,8H2. The van der Waals surface area contributed by atoms with Crippen molar-refractivity contribution in [2.24, 2.45) is 0 Å². The van der Waals surface area contributed by atoms with Gasteiger partial charge < -0.3 is 15.2 Å². The predicted octanol–water partition coefficient (Wildman–Crippen LogP) is 2.57. The van der Waals surface area contributed by atoms with Crippen molar-refractivity contribution in [1.29, 1.82) is 0 Å². The van der Waals surface area contributed by atoms with Crippen molar-refractivity contribution in [3.05, 3.63) is 33.9 Å². The van der Waals surface area contributed by atoms with Gasteiger partial charge in [0.05, 0.1) is 16.1 Å². The first-order chi connectivity index (χ1) is 10.2. The van der Waals surface area contributed by atoms with E-state index in [2.05, 4.69) is 5.32 Å². The fourth-order valence-electron chi connectivity index (χ4n) is 2.22. The molecule has 1 saturated heterocycles. The molecule has 0 saturated carbocycles. The summed E-state index contributed by atoms with van der Waals surface area (Å²) in [5.41, 5.74) is -3.21. The van der Waals surface area contributed by atoms with E-state index in [1.165, 1.54) is 0 Å². The van der Waals surface area contributed by atoms with Crippen molar-refractivity contribution >= 4 is 11.4 Å². The molecule has 1 fully saturated rings. The number of alkyl halides is 3. The molecule has 1 heterocycles. The van der Waals surface area contributed by atoms with Gasteiger partial charge in [0.1, 0.15) is 0 Å². The number of non-ortho nitro benzene ring substituents is 1. The summed E-state index contributed by atoms with van der Waals surface area (Å²) in [4.78, 5) is 9.73. The van der Waals surface area contributed by atoms with Gasteiger partial charge in [-0.2, -0.15) is 13.2 Å². The van der Waals surface area contributed by atoms with Crippen molar-refractivity contribution < 1.29 is 27.9 Å². The molecule has 2 N–H and O–H groups in total. The topological polar surface area (TPSA) is 84.6 Å². The molecule has 0 atom stereocenters. The summed E-state index contributed by atoms with van der Waals surface area (Å²) in [6.07, 6.45) is -4.10. The lowest BCUT2D eigenvalue weighted by Crippen LogP contribution is -2.42. The molecule has 22 heavy (non-hydrogen) atoms. The highest BCUT2D eigenvalue weighted by Gasteiger charge is 2.36. The monoisotopic (exact) mass is 320 g/mol. The summed E-state index contributed by atoms with van der Waals surface area (Å²) in [5, 5.41) is 23.4. The summed E-state index contributed by atoms with van der Waals surface area (Å²) in [5.74, 6) is 0. The third-order valence-electron chi connectivity index (χ3n) is 3.55. The number of benzene rings is 1. The van der Waals surface area contributed by atoms with Gasteiger partial charge in [-0.05, 0) is 6.07 Å². The van der Waals surface area contributed by atoms with Crippen molar-refractivity contribution in [2.75, 3.05) is 25.1 Å². The second-order valence-corrected chi connectivity index (χ2v) is 5.18. The average Bonchev–Trinajstić information content (AvgIpc) is 2.45. The molecule has 0 unspecified atom stereocenters. The quantitative estimate of drug-likeness (QED) is 0.658. The van der Waals surface area contributed by atoms with Crippen LogP contribution in [0.4, 0.5) is 24.5 Å². The molecule has 0 radical (unpaired) electrons. The second kappa shape index (κ2) is 6.09. The number of nitro benzene ring substituents is 1. The van der Waals surface area contributed by atoms with Crippen LogP contribution >= 0.6 is 0 Å². The Kier molecular flexibility index (Phi) is 4.57. The molecular formula is C13H15F3N2O4. The first-order valence-corrected chi connectivity index (χ1v) is 6.61. The number of nitrogens with one attached hydrogen (secondary N) is 1. The molecule has 0 aliphatic carbocycles. The van der Waals surface area contributed by atoms with Crippen LogP contribution in [-0.4, -0.2) is 35.4 Å². The largest absolute Gasteiger partial charge is 0.418 e. The first-order valence-electron chi connectivity index (χ1n) is 6.61. The molecule has 1 aromatic carbocycles. The SMILES string of the molecule is O=[N+]([O-])c1ccc(NCC2(O)CCOCC2)c(C(F)(F)F)c1. The van der Waals surface area contributed by atoms with Crippen molar-refractivity contribution in [3.63, 3.8) is 0 Å². The van der Waals surface area contributed by atoms with Crippen LogP contribution in [0.15, 0.2) is 18.2 Å². The molecule has 2 rings (SSSR count). The number of aliphatic hydroxyl groups is 1. The van der Waals surface area contributed by atoms with E-state index in [1.54, 1.807) is 0 Å². The molecule has 0 aromatic heterocycles. The van der Waals surface area contributed by atoms with E-state index < -0.39 is 28.0 Å². The Hall–Kier alpha value is -1.87. The van der Waals surface area contributed by atoms with Crippen LogP contribution in [-0.2, 0) is 10.9 Å². The van der Waals surface area contributed by atoms with Crippen LogP contribution in [0.2, 0.25) is 0 Å². The summed E-state index contributed by atoms with van der Waals surface area (Å²) in [6, 6.07) is 2.48. The molecule has 9 heteroatoms. The van der Waals surface area contributed by atoms with Crippen LogP contribution in [0.5, 0.6) is 0 Å². The molecule has 1 aliphatic rings. The smallest absolute Gasteiger partial charge is 0.388 e. The zero-order chi connectivity index (χ0) is 16.4. The van der Waals surface area contributed by atoms with Gasteiger partial charge in [0.25, 0.3) is 5.69 Å². The number of halogens is 3. The zero-order valence-electron chi connectivity index (χ0n) is 11.5. The van der Waals surface area contributed by atoms with E-state index in [-0.39, 0.29) is 12.2 Å². The second-order valence-electron chi connectivity index (χ2n) is 5.18. The number of anilines is 1. The lowest BCUT2D eigenvalue weighted by molar-refractivity contribution is -0.385. The van der Waals surface area contributed by atoms with E-state index in [0.717, 1.165) is 12.1 Å². The van der Waals surface area contributed by atoms with Gasteiger partial charge in [0.15, 0.2) is 0 Å². The lowest BCUT2D eigenvalue weighted by atomic mass is 9.94. The Labute approximate surface area is 124 Å². The number of nitro groups is 1. The predicted molar refractivity (Wildman–Crippen MR) is 71.6 cm³/mol. The van der Waals surface area contributed by atoms with Gasteiger partial charge in [-0.1, -0.05) is 0 Å². The van der Waals surface area contributed by atoms with Gasteiger partial charge in [-0.25, -0.2) is 0 Å². The van der Waals surface area contributed by atoms with E-state index in [1.807, 2.05) is 0 Å². The Morgan fingerprint density at radius 1 is 1.36 bits per heavy atom. The third kappa shape index (κ3) is 3.86. The maximum atomic E-state index is 13.0. The van der Waals surface area contributed by atoms with Crippen LogP contribution in [0.25, 0.3) is 0 Å². The first kappa shape index (κ1) is 16.5. The van der Waals surface area contributed by atoms with Gasteiger partial charge in [-0.15, -0.1) is 0 Å². The van der Waals surface area contributed by atoms with Crippen LogP contribution in [0.3, 0.4) is 0 Å². The highest BCUT2D eigenvalue weighted by atomic mass is 19.4. The molecular weight excluding hydrogens is 305 g/mol.